The lowest BCUT2D eigenvalue weighted by atomic mass is 10.0. The first-order chi connectivity index (χ1) is 12.4. The molecule has 0 aromatic heterocycles. The molecule has 26 heavy (non-hydrogen) atoms. The molecule has 0 aromatic rings. The Morgan fingerprint density at radius 1 is 1.15 bits per heavy atom. The zero-order valence-corrected chi connectivity index (χ0v) is 19.0. The summed E-state index contributed by atoms with van der Waals surface area (Å²) < 4.78 is 4.55. The van der Waals surface area contributed by atoms with Crippen molar-refractivity contribution in [2.45, 2.75) is 31.5 Å². The average molecular weight is 583 g/mol. The van der Waals surface area contributed by atoms with E-state index in [1.54, 1.807) is 4.90 Å². The second kappa shape index (κ2) is 10.0. The number of hydrogen-bond acceptors (Lipinski definition) is 5. The van der Waals surface area contributed by atoms with E-state index in [9.17, 15) is 9.59 Å². The van der Waals surface area contributed by atoms with Crippen LogP contribution in [0.3, 0.4) is 0 Å². The van der Waals surface area contributed by atoms with E-state index in [1.165, 1.54) is 18.2 Å². The highest BCUT2D eigenvalue weighted by molar-refractivity contribution is 14.1. The van der Waals surface area contributed by atoms with Gasteiger partial charge in [0.15, 0.2) is 0 Å². The van der Waals surface area contributed by atoms with Gasteiger partial charge in [-0.05, 0) is 19.4 Å². The Bertz CT molecular complexity index is 621. The number of allylic oxidation sites excluding steroid dienone is 1. The van der Waals surface area contributed by atoms with Crippen molar-refractivity contribution >= 4 is 57.5 Å². The van der Waals surface area contributed by atoms with Gasteiger partial charge in [-0.1, -0.05) is 6.58 Å². The summed E-state index contributed by atoms with van der Waals surface area (Å²) in [5.74, 6) is -0.146. The molecule has 1 unspecified atom stereocenters. The Morgan fingerprint density at radius 3 is 2.50 bits per heavy atom. The first-order valence-electron chi connectivity index (χ1n) is 8.50. The topological polar surface area (TPSA) is 70.9 Å². The van der Waals surface area contributed by atoms with Gasteiger partial charge in [0, 0.05) is 109 Å². The van der Waals surface area contributed by atoms with Gasteiger partial charge in [-0.15, -0.1) is 0 Å². The van der Waals surface area contributed by atoms with Crippen molar-refractivity contribution in [3.8, 4) is 6.07 Å². The second-order valence-electron chi connectivity index (χ2n) is 6.55. The molecule has 2 aliphatic heterocycles. The predicted octanol–water partition coefficient (Wildman–Crippen LogP) is 1.76. The summed E-state index contributed by atoms with van der Waals surface area (Å²) >= 11 is 4.67. The molecule has 0 saturated carbocycles. The zero-order chi connectivity index (χ0) is 19.3. The summed E-state index contributed by atoms with van der Waals surface area (Å²) in [6, 6.07) is 2.55. The zero-order valence-electron chi connectivity index (χ0n) is 14.7. The number of rotatable bonds is 4. The first kappa shape index (κ1) is 21.6. The SMILES string of the molecule is C=CC(=O)N1CC(C[C@H]2CN(C(=O)/C=C/C#N)CCN2I)N(I)[C@@H](C)C1. The van der Waals surface area contributed by atoms with Gasteiger partial charge in [-0.2, -0.15) is 5.26 Å². The third-order valence-corrected chi connectivity index (χ3v) is 7.75. The highest BCUT2D eigenvalue weighted by atomic mass is 127. The molecule has 7 nitrogen and oxygen atoms in total. The average Bonchev–Trinajstić information content (AvgIpc) is 2.64. The number of amides is 2. The summed E-state index contributed by atoms with van der Waals surface area (Å²) in [5.41, 5.74) is 0. The van der Waals surface area contributed by atoms with Crippen LogP contribution in [-0.4, -0.2) is 78.7 Å². The molecular formula is C17H23I2N5O2. The van der Waals surface area contributed by atoms with E-state index in [2.05, 4.69) is 65.5 Å². The van der Waals surface area contributed by atoms with Crippen LogP contribution in [-0.2, 0) is 9.59 Å². The molecule has 142 valence electrons. The van der Waals surface area contributed by atoms with Gasteiger partial charge >= 0.3 is 0 Å². The smallest absolute Gasteiger partial charge is 0.247 e. The third kappa shape index (κ3) is 5.40. The molecule has 2 fully saturated rings. The number of piperazine rings is 2. The fourth-order valence-corrected chi connectivity index (χ4v) is 4.60. The monoisotopic (exact) mass is 583 g/mol. The van der Waals surface area contributed by atoms with Gasteiger partial charge < -0.3 is 9.80 Å². The maximum Gasteiger partial charge on any atom is 0.247 e. The lowest BCUT2D eigenvalue weighted by Gasteiger charge is -2.45. The van der Waals surface area contributed by atoms with Gasteiger partial charge in [0.2, 0.25) is 11.8 Å². The molecule has 0 radical (unpaired) electrons. The molecule has 2 amide bonds. The van der Waals surface area contributed by atoms with E-state index in [4.69, 9.17) is 5.26 Å². The Kier molecular flexibility index (Phi) is 8.31. The maximum absolute atomic E-state index is 12.2. The van der Waals surface area contributed by atoms with Crippen molar-refractivity contribution in [1.82, 2.24) is 16.0 Å². The molecule has 2 saturated heterocycles. The van der Waals surface area contributed by atoms with E-state index < -0.39 is 0 Å². The van der Waals surface area contributed by atoms with Crippen LogP contribution in [0.25, 0.3) is 0 Å². The lowest BCUT2D eigenvalue weighted by Crippen LogP contribution is -2.58. The molecule has 0 aliphatic carbocycles. The normalized spacial score (nSPS) is 28.2. The number of hydrogen-bond donors (Lipinski definition) is 0. The highest BCUT2D eigenvalue weighted by Crippen LogP contribution is 2.27. The Labute approximate surface area is 182 Å². The van der Waals surface area contributed by atoms with Crippen LogP contribution in [0.15, 0.2) is 24.8 Å². The van der Waals surface area contributed by atoms with Gasteiger partial charge in [0.25, 0.3) is 0 Å². The van der Waals surface area contributed by atoms with Crippen LogP contribution in [0.4, 0.5) is 0 Å². The third-order valence-electron chi connectivity index (χ3n) is 4.74. The summed E-state index contributed by atoms with van der Waals surface area (Å²) in [5, 5.41) is 8.61. The van der Waals surface area contributed by atoms with E-state index in [0.29, 0.717) is 26.2 Å². The molecule has 0 aromatic carbocycles. The number of carbonyl (C=O) groups excluding carboxylic acids is 2. The van der Waals surface area contributed by atoms with Crippen molar-refractivity contribution in [2.75, 3.05) is 32.7 Å². The van der Waals surface area contributed by atoms with Crippen LogP contribution in [0.1, 0.15) is 13.3 Å². The van der Waals surface area contributed by atoms with Crippen molar-refractivity contribution < 1.29 is 9.59 Å². The van der Waals surface area contributed by atoms with Crippen LogP contribution >= 0.6 is 45.7 Å². The standard InChI is InChI=1S/C17H23I2N5O2/c1-3-16(25)22-10-13(2)24(19)15(12-22)9-14-11-21(7-8-23(14)18)17(26)5-4-6-20/h3-5,13-15H,1,7-12H2,2H3/b5-4+/t13-,14-,15?/m0/s1. The van der Waals surface area contributed by atoms with Crippen molar-refractivity contribution in [3.05, 3.63) is 24.8 Å². The molecule has 2 rings (SSSR count). The number of carbonyl (C=O) groups is 2. The van der Waals surface area contributed by atoms with Crippen LogP contribution in [0.2, 0.25) is 0 Å². The van der Waals surface area contributed by atoms with E-state index in [0.717, 1.165) is 13.0 Å². The largest absolute Gasteiger partial charge is 0.336 e. The molecule has 3 atom stereocenters. The molecule has 0 spiro atoms. The molecule has 2 heterocycles. The second-order valence-corrected chi connectivity index (χ2v) is 8.91. The minimum absolute atomic E-state index is 0.0280. The van der Waals surface area contributed by atoms with Crippen LogP contribution in [0, 0.1) is 11.3 Å². The lowest BCUT2D eigenvalue weighted by molar-refractivity contribution is -0.129. The Balaban J connectivity index is 2.05. The van der Waals surface area contributed by atoms with Gasteiger partial charge in [0.1, 0.15) is 0 Å². The van der Waals surface area contributed by atoms with Gasteiger partial charge in [0.05, 0.1) is 6.07 Å². The number of nitriles is 1. The molecule has 2 aliphatic rings. The van der Waals surface area contributed by atoms with E-state index >= 15 is 0 Å². The minimum atomic E-state index is -0.118. The van der Waals surface area contributed by atoms with Crippen molar-refractivity contribution in [3.63, 3.8) is 0 Å². The fourth-order valence-electron chi connectivity index (χ4n) is 3.40. The molecular weight excluding hydrogens is 560 g/mol. The van der Waals surface area contributed by atoms with Crippen molar-refractivity contribution in [2.24, 2.45) is 0 Å². The van der Waals surface area contributed by atoms with E-state index in [-0.39, 0.29) is 29.9 Å². The van der Waals surface area contributed by atoms with Gasteiger partial charge in [-0.25, -0.2) is 6.23 Å². The summed E-state index contributed by atoms with van der Waals surface area (Å²) in [6.07, 6.45) is 4.79. The van der Waals surface area contributed by atoms with Crippen molar-refractivity contribution in [1.29, 1.82) is 5.26 Å². The first-order valence-corrected chi connectivity index (χ1v) is 10.4. The van der Waals surface area contributed by atoms with Crippen LogP contribution < -0.4 is 0 Å². The Hall–Kier alpha value is -0.710. The fraction of sp³-hybridized carbons (Fsp3) is 0.588. The quantitative estimate of drug-likeness (QED) is 0.219. The maximum atomic E-state index is 12.2. The Morgan fingerprint density at radius 2 is 1.85 bits per heavy atom. The predicted molar refractivity (Wildman–Crippen MR) is 116 cm³/mol. The molecule has 0 N–H and O–H groups in total. The van der Waals surface area contributed by atoms with Crippen LogP contribution in [0.5, 0.6) is 0 Å². The minimum Gasteiger partial charge on any atom is -0.336 e. The number of halogens is 2. The highest BCUT2D eigenvalue weighted by Gasteiger charge is 2.36. The summed E-state index contributed by atoms with van der Waals surface area (Å²) in [4.78, 5) is 27.9. The van der Waals surface area contributed by atoms with E-state index in [1.807, 2.05) is 11.0 Å². The summed E-state index contributed by atoms with van der Waals surface area (Å²) in [7, 11) is 0. The number of nitrogens with zero attached hydrogens (tertiary/aromatic N) is 5. The molecule has 0 bridgehead atoms. The molecule has 9 heteroatoms. The summed E-state index contributed by atoms with van der Waals surface area (Å²) in [6.45, 7) is 9.16. The van der Waals surface area contributed by atoms with Gasteiger partial charge in [-0.3, -0.25) is 9.59 Å².